The maximum absolute atomic E-state index is 13.0. The Morgan fingerprint density at radius 2 is 1.82 bits per heavy atom. The Morgan fingerprint density at radius 1 is 1.09 bits per heavy atom. The Morgan fingerprint density at radius 3 is 2.48 bits per heavy atom. The van der Waals surface area contributed by atoms with Gasteiger partial charge in [-0.3, -0.25) is 14.9 Å². The van der Waals surface area contributed by atoms with Crippen LogP contribution in [0.4, 0.5) is 10.5 Å². The minimum atomic E-state index is -1.13. The van der Waals surface area contributed by atoms with E-state index in [4.69, 9.17) is 20.8 Å². The summed E-state index contributed by atoms with van der Waals surface area (Å²) in [6.07, 6.45) is 1.19. The molecule has 2 N–H and O–H groups in total. The summed E-state index contributed by atoms with van der Waals surface area (Å²) in [6, 6.07) is 12.4. The average Bonchev–Trinajstić information content (AvgIpc) is 3.25. The van der Waals surface area contributed by atoms with Gasteiger partial charge >= 0.3 is 12.0 Å². The van der Waals surface area contributed by atoms with Crippen LogP contribution in [0.1, 0.15) is 16.1 Å². The Kier molecular flexibility index (Phi) is 5.72. The number of halogens is 1. The van der Waals surface area contributed by atoms with Crippen LogP contribution in [0.2, 0.25) is 5.02 Å². The van der Waals surface area contributed by atoms with E-state index in [1.807, 2.05) is 0 Å². The largest absolute Gasteiger partial charge is 0.497 e. The smallest absolute Gasteiger partial charge is 0.335 e. The van der Waals surface area contributed by atoms with Gasteiger partial charge in [-0.2, -0.15) is 0 Å². The van der Waals surface area contributed by atoms with Gasteiger partial charge in [0.1, 0.15) is 22.8 Å². The zero-order chi connectivity index (χ0) is 23.7. The first-order valence-corrected chi connectivity index (χ1v) is 9.85. The van der Waals surface area contributed by atoms with Crippen LogP contribution in [0.3, 0.4) is 0 Å². The molecule has 0 aliphatic carbocycles. The van der Waals surface area contributed by atoms with Gasteiger partial charge in [0, 0.05) is 5.56 Å². The lowest BCUT2D eigenvalue weighted by atomic mass is 10.1. The van der Waals surface area contributed by atoms with Crippen molar-refractivity contribution in [2.75, 3.05) is 12.0 Å². The van der Waals surface area contributed by atoms with Gasteiger partial charge in [-0.05, 0) is 60.7 Å². The number of nitrogens with one attached hydrogen (secondary N) is 1. The van der Waals surface area contributed by atoms with Gasteiger partial charge < -0.3 is 14.3 Å². The van der Waals surface area contributed by atoms with Crippen molar-refractivity contribution in [3.63, 3.8) is 0 Å². The number of barbiturate groups is 1. The number of urea groups is 1. The van der Waals surface area contributed by atoms with E-state index in [9.17, 15) is 24.3 Å². The molecule has 9 nitrogen and oxygen atoms in total. The van der Waals surface area contributed by atoms with E-state index in [-0.39, 0.29) is 33.4 Å². The highest BCUT2D eigenvalue weighted by atomic mass is 35.5. The van der Waals surface area contributed by atoms with Gasteiger partial charge in [-0.1, -0.05) is 11.6 Å². The third kappa shape index (κ3) is 4.21. The Balaban J connectivity index is 1.67. The number of rotatable bonds is 5. The second-order valence-corrected chi connectivity index (χ2v) is 7.26. The molecule has 1 aromatic heterocycles. The molecular weight excluding hydrogens is 452 g/mol. The Labute approximate surface area is 191 Å². The molecule has 10 heteroatoms. The van der Waals surface area contributed by atoms with Gasteiger partial charge in [-0.25, -0.2) is 14.5 Å². The average molecular weight is 467 g/mol. The maximum atomic E-state index is 13.0. The number of carboxylic acids is 1. The second kappa shape index (κ2) is 8.64. The molecule has 1 fully saturated rings. The fourth-order valence-corrected chi connectivity index (χ4v) is 3.40. The first-order valence-electron chi connectivity index (χ1n) is 9.47. The number of aromatic carboxylic acids is 1. The second-order valence-electron chi connectivity index (χ2n) is 6.86. The Bertz CT molecular complexity index is 1320. The summed E-state index contributed by atoms with van der Waals surface area (Å²) < 4.78 is 10.7. The number of carbonyl (C=O) groups excluding carboxylic acids is 3. The van der Waals surface area contributed by atoms with Crippen molar-refractivity contribution in [1.82, 2.24) is 5.32 Å². The van der Waals surface area contributed by atoms with E-state index in [1.54, 1.807) is 12.1 Å². The van der Waals surface area contributed by atoms with E-state index >= 15 is 0 Å². The topological polar surface area (TPSA) is 126 Å². The number of hydrogen-bond acceptors (Lipinski definition) is 6. The molecule has 1 aliphatic heterocycles. The highest BCUT2D eigenvalue weighted by Crippen LogP contribution is 2.31. The van der Waals surface area contributed by atoms with Crippen molar-refractivity contribution < 1.29 is 33.4 Å². The van der Waals surface area contributed by atoms with Crippen LogP contribution < -0.4 is 15.0 Å². The molecule has 1 saturated heterocycles. The Hall–Kier alpha value is -4.37. The number of imide groups is 2. The number of hydrogen-bond donors (Lipinski definition) is 2. The van der Waals surface area contributed by atoms with Gasteiger partial charge in [0.15, 0.2) is 0 Å². The van der Waals surface area contributed by atoms with Crippen molar-refractivity contribution in [1.29, 1.82) is 0 Å². The van der Waals surface area contributed by atoms with Crippen LogP contribution in [-0.2, 0) is 9.59 Å². The molecule has 4 rings (SSSR count). The fraction of sp³-hybridized carbons (Fsp3) is 0.0435. The van der Waals surface area contributed by atoms with E-state index in [1.165, 1.54) is 55.7 Å². The van der Waals surface area contributed by atoms with Crippen LogP contribution in [0, 0.1) is 0 Å². The first kappa shape index (κ1) is 21.8. The van der Waals surface area contributed by atoms with Crippen molar-refractivity contribution in [3.8, 4) is 17.1 Å². The third-order valence-electron chi connectivity index (χ3n) is 4.82. The molecule has 0 spiro atoms. The number of ether oxygens (including phenoxy) is 1. The minimum absolute atomic E-state index is 0.0150. The van der Waals surface area contributed by atoms with E-state index in [0.717, 1.165) is 4.90 Å². The summed E-state index contributed by atoms with van der Waals surface area (Å²) >= 11 is 6.17. The molecule has 0 atom stereocenters. The van der Waals surface area contributed by atoms with Crippen molar-refractivity contribution in [3.05, 3.63) is 76.5 Å². The number of nitrogens with zero attached hydrogens (tertiary/aromatic N) is 1. The number of carboxylic acid groups (broad SMARTS) is 1. The molecule has 0 bridgehead atoms. The monoisotopic (exact) mass is 466 g/mol. The highest BCUT2D eigenvalue weighted by Gasteiger charge is 2.37. The number of carbonyl (C=O) groups is 4. The zero-order valence-corrected chi connectivity index (χ0v) is 17.8. The van der Waals surface area contributed by atoms with Crippen LogP contribution in [-0.4, -0.2) is 36.0 Å². The fourth-order valence-electron chi connectivity index (χ4n) is 3.19. The van der Waals surface area contributed by atoms with E-state index < -0.39 is 23.8 Å². The van der Waals surface area contributed by atoms with Gasteiger partial charge in [-0.15, -0.1) is 0 Å². The van der Waals surface area contributed by atoms with E-state index in [2.05, 4.69) is 5.32 Å². The van der Waals surface area contributed by atoms with Crippen LogP contribution in [0.15, 0.2) is 64.6 Å². The van der Waals surface area contributed by atoms with Gasteiger partial charge in [0.25, 0.3) is 11.8 Å². The molecule has 0 saturated carbocycles. The minimum Gasteiger partial charge on any atom is -0.497 e. The molecule has 1 aliphatic rings. The summed E-state index contributed by atoms with van der Waals surface area (Å²) in [6.45, 7) is 0. The van der Waals surface area contributed by atoms with Gasteiger partial charge in [0.2, 0.25) is 0 Å². The molecule has 2 heterocycles. The SMILES string of the molecule is COc1ccc(N2C(=O)NC(=O)/C(=C\c3ccc(-c4cc(C(=O)O)ccc4Cl)o3)C2=O)cc1. The first-order chi connectivity index (χ1) is 15.8. The summed E-state index contributed by atoms with van der Waals surface area (Å²) in [5, 5.41) is 11.6. The quantitative estimate of drug-likeness (QED) is 0.430. The zero-order valence-electron chi connectivity index (χ0n) is 17.0. The predicted molar refractivity (Wildman–Crippen MR) is 118 cm³/mol. The number of furan rings is 1. The van der Waals surface area contributed by atoms with Gasteiger partial charge in [0.05, 0.1) is 23.4 Å². The van der Waals surface area contributed by atoms with Crippen molar-refractivity contribution in [2.24, 2.45) is 0 Å². The lowest BCUT2D eigenvalue weighted by Crippen LogP contribution is -2.54. The van der Waals surface area contributed by atoms with Crippen molar-refractivity contribution >= 4 is 47.2 Å². The van der Waals surface area contributed by atoms with Crippen LogP contribution >= 0.6 is 11.6 Å². The predicted octanol–water partition coefficient (Wildman–Crippen LogP) is 3.97. The van der Waals surface area contributed by atoms with Crippen molar-refractivity contribution in [2.45, 2.75) is 0 Å². The third-order valence-corrected chi connectivity index (χ3v) is 5.15. The molecule has 33 heavy (non-hydrogen) atoms. The molecule has 2 aromatic carbocycles. The van der Waals surface area contributed by atoms with Crippen LogP contribution in [0.5, 0.6) is 5.75 Å². The molecule has 4 amide bonds. The van der Waals surface area contributed by atoms with E-state index in [0.29, 0.717) is 11.3 Å². The standard InChI is InChI=1S/C23H15ClN2O7/c1-32-14-5-3-13(4-6-14)26-21(28)17(20(27)25-23(26)31)11-15-7-9-19(33-15)16-10-12(22(29)30)2-8-18(16)24/h2-11H,1H3,(H,29,30)(H,25,27,31)/b17-11+. The van der Waals surface area contributed by atoms with Crippen LogP contribution in [0.25, 0.3) is 17.4 Å². The summed E-state index contributed by atoms with van der Waals surface area (Å²) in [7, 11) is 1.48. The molecule has 0 unspecified atom stereocenters. The maximum Gasteiger partial charge on any atom is 0.335 e. The molecule has 3 aromatic rings. The highest BCUT2D eigenvalue weighted by molar-refractivity contribution is 6.39. The molecule has 0 radical (unpaired) electrons. The summed E-state index contributed by atoms with van der Waals surface area (Å²) in [5.41, 5.74) is 0.266. The molecular formula is C23H15ClN2O7. The summed E-state index contributed by atoms with van der Waals surface area (Å²) in [5.74, 6) is -1.94. The normalized spacial score (nSPS) is 15.0. The lowest BCUT2D eigenvalue weighted by molar-refractivity contribution is -0.122. The number of anilines is 1. The summed E-state index contributed by atoms with van der Waals surface area (Å²) in [4.78, 5) is 49.7. The number of amides is 4. The molecule has 166 valence electrons. The number of benzene rings is 2. The lowest BCUT2D eigenvalue weighted by Gasteiger charge is -2.26. The number of methoxy groups -OCH3 is 1.